The third-order valence-electron chi connectivity index (χ3n) is 9.02. The fourth-order valence-corrected chi connectivity index (χ4v) is 6.09. The number of carboxylic acid groups (broad SMARTS) is 1. The minimum Gasteiger partial charge on any atom is -0.481 e. The lowest BCUT2D eigenvalue weighted by Gasteiger charge is -2.20. The Morgan fingerprint density at radius 1 is 0.729 bits per heavy atom. The normalized spacial score (nSPS) is 12.7. The van der Waals surface area contributed by atoms with Gasteiger partial charge in [-0.2, -0.15) is 0 Å². The first-order valence-corrected chi connectivity index (χ1v) is 23.8. The summed E-state index contributed by atoms with van der Waals surface area (Å²) in [6.45, 7) is 9.05. The SMILES string of the molecule is CC[C@@H](NC(=O)CCOCOCCOCCOCCOCCOCCOCCOCCSC(C)=O)Oc1ccc(NC(=O)[C@H](CC(=O)O)NC(=O)CNC(=O)c2cccc(NC3=NCC=CN3)c2)cc1. The molecule has 388 valence electrons. The summed E-state index contributed by atoms with van der Waals surface area (Å²) in [4.78, 5) is 77.7. The van der Waals surface area contributed by atoms with Gasteiger partial charge >= 0.3 is 5.97 Å². The summed E-state index contributed by atoms with van der Waals surface area (Å²) >= 11 is 1.24. The molecule has 0 aromatic heterocycles. The number of ether oxygens (including phenoxy) is 9. The zero-order chi connectivity index (χ0) is 50.4. The van der Waals surface area contributed by atoms with Crippen molar-refractivity contribution in [2.45, 2.75) is 45.4 Å². The first kappa shape index (κ1) is 58.6. The number of aliphatic imine (C=N–C) groups is 1. The number of amides is 4. The summed E-state index contributed by atoms with van der Waals surface area (Å²) in [6, 6.07) is 11.2. The van der Waals surface area contributed by atoms with E-state index in [-0.39, 0.29) is 36.4 Å². The van der Waals surface area contributed by atoms with E-state index >= 15 is 0 Å². The second-order valence-corrected chi connectivity index (χ2v) is 15.9. The van der Waals surface area contributed by atoms with Gasteiger partial charge in [0.2, 0.25) is 17.7 Å². The summed E-state index contributed by atoms with van der Waals surface area (Å²) in [5.74, 6) is -2.22. The number of hydrogen-bond acceptors (Lipinski definition) is 19. The Bertz CT molecular complexity index is 1930. The van der Waals surface area contributed by atoms with Crippen LogP contribution in [0.3, 0.4) is 0 Å². The van der Waals surface area contributed by atoms with Gasteiger partial charge in [-0.3, -0.25) is 28.8 Å². The van der Waals surface area contributed by atoms with Gasteiger partial charge in [0, 0.05) is 42.2 Å². The summed E-state index contributed by atoms with van der Waals surface area (Å²) in [6.07, 6.45) is 2.71. The zero-order valence-electron chi connectivity index (χ0n) is 39.7. The quantitative estimate of drug-likeness (QED) is 0.0372. The van der Waals surface area contributed by atoms with Crippen molar-refractivity contribution in [1.29, 1.82) is 0 Å². The first-order valence-electron chi connectivity index (χ1n) is 22.8. The molecule has 7 N–H and O–H groups in total. The minimum absolute atomic E-state index is 0.0138. The van der Waals surface area contributed by atoms with Gasteiger partial charge in [-0.15, -0.1) is 0 Å². The van der Waals surface area contributed by atoms with Crippen LogP contribution in [0.15, 0.2) is 65.8 Å². The molecule has 2 atom stereocenters. The van der Waals surface area contributed by atoms with E-state index in [1.807, 2.05) is 13.0 Å². The van der Waals surface area contributed by atoms with E-state index < -0.39 is 48.9 Å². The van der Waals surface area contributed by atoms with Crippen molar-refractivity contribution in [3.63, 3.8) is 0 Å². The summed E-state index contributed by atoms with van der Waals surface area (Å²) in [5.41, 5.74) is 1.13. The first-order chi connectivity index (χ1) is 34.0. The molecular weight excluding hydrogens is 939 g/mol. The van der Waals surface area contributed by atoms with Crippen LogP contribution in [0.2, 0.25) is 0 Å². The number of thioether (sulfide) groups is 1. The van der Waals surface area contributed by atoms with E-state index in [1.54, 1.807) is 42.6 Å². The molecule has 0 unspecified atom stereocenters. The summed E-state index contributed by atoms with van der Waals surface area (Å²) in [7, 11) is 0. The molecule has 0 saturated carbocycles. The Balaban J connectivity index is 1.18. The number of carbonyl (C=O) groups excluding carboxylic acids is 5. The van der Waals surface area contributed by atoms with Gasteiger partial charge in [-0.1, -0.05) is 24.8 Å². The van der Waals surface area contributed by atoms with Crippen LogP contribution in [-0.4, -0.2) is 176 Å². The van der Waals surface area contributed by atoms with Crippen LogP contribution in [-0.2, 0) is 61.9 Å². The van der Waals surface area contributed by atoms with E-state index in [1.165, 1.54) is 30.8 Å². The number of nitrogens with one attached hydrogen (secondary N) is 6. The van der Waals surface area contributed by atoms with Crippen molar-refractivity contribution in [1.82, 2.24) is 21.3 Å². The van der Waals surface area contributed by atoms with Crippen molar-refractivity contribution in [2.24, 2.45) is 4.99 Å². The van der Waals surface area contributed by atoms with Crippen molar-refractivity contribution in [3.05, 3.63) is 66.4 Å². The average Bonchev–Trinajstić information content (AvgIpc) is 3.34. The van der Waals surface area contributed by atoms with Crippen molar-refractivity contribution >= 4 is 63.8 Å². The molecule has 0 saturated heterocycles. The highest BCUT2D eigenvalue weighted by Crippen LogP contribution is 2.18. The monoisotopic (exact) mass is 1010 g/mol. The highest BCUT2D eigenvalue weighted by molar-refractivity contribution is 8.13. The molecular formula is C46H67N7O16S. The molecule has 2 aromatic rings. The lowest BCUT2D eigenvalue weighted by atomic mass is 10.1. The molecule has 1 heterocycles. The molecule has 4 amide bonds. The molecule has 0 bridgehead atoms. The number of aliphatic carboxylic acids is 1. The van der Waals surface area contributed by atoms with Crippen LogP contribution in [0, 0.1) is 0 Å². The van der Waals surface area contributed by atoms with Gasteiger partial charge in [0.25, 0.3) is 5.91 Å². The fourth-order valence-electron chi connectivity index (χ4n) is 5.61. The highest BCUT2D eigenvalue weighted by Gasteiger charge is 2.24. The summed E-state index contributed by atoms with van der Waals surface area (Å²) < 4.78 is 49.3. The minimum atomic E-state index is -1.45. The number of hydrogen-bond donors (Lipinski definition) is 7. The Morgan fingerprint density at radius 3 is 1.90 bits per heavy atom. The van der Waals surface area contributed by atoms with Crippen molar-refractivity contribution < 1.29 is 76.5 Å². The fraction of sp³-hybridized carbons (Fsp3) is 0.543. The van der Waals surface area contributed by atoms with Crippen LogP contribution in [0.1, 0.15) is 43.5 Å². The van der Waals surface area contributed by atoms with Gasteiger partial charge in [0.1, 0.15) is 18.6 Å². The van der Waals surface area contributed by atoms with Gasteiger partial charge in [-0.05, 0) is 48.5 Å². The van der Waals surface area contributed by atoms with Gasteiger partial charge < -0.3 is 79.6 Å². The van der Waals surface area contributed by atoms with Crippen LogP contribution < -0.4 is 36.6 Å². The van der Waals surface area contributed by atoms with E-state index in [2.05, 4.69) is 36.9 Å². The second kappa shape index (κ2) is 37.2. The lowest BCUT2D eigenvalue weighted by Crippen LogP contribution is -2.48. The number of rotatable bonds is 39. The zero-order valence-corrected chi connectivity index (χ0v) is 40.5. The summed E-state index contributed by atoms with van der Waals surface area (Å²) in [5, 5.41) is 25.7. The van der Waals surface area contributed by atoms with Gasteiger partial charge in [0.05, 0.1) is 118 Å². The van der Waals surface area contributed by atoms with Crippen molar-refractivity contribution in [2.75, 3.05) is 129 Å². The van der Waals surface area contributed by atoms with Crippen LogP contribution in [0.4, 0.5) is 11.4 Å². The van der Waals surface area contributed by atoms with Crippen LogP contribution >= 0.6 is 11.8 Å². The number of carboxylic acids is 1. The number of benzene rings is 2. The maximum absolute atomic E-state index is 13.1. The number of anilines is 2. The van der Waals surface area contributed by atoms with Crippen LogP contribution in [0.5, 0.6) is 5.75 Å². The maximum Gasteiger partial charge on any atom is 0.305 e. The molecule has 0 spiro atoms. The van der Waals surface area contributed by atoms with Crippen LogP contribution in [0.25, 0.3) is 0 Å². The lowest BCUT2D eigenvalue weighted by molar-refractivity contribution is -0.139. The van der Waals surface area contributed by atoms with E-state index in [0.717, 1.165) is 0 Å². The Hall–Kier alpha value is -5.70. The Kier molecular flexibility index (Phi) is 31.1. The highest BCUT2D eigenvalue weighted by atomic mass is 32.2. The molecule has 2 aromatic carbocycles. The molecule has 3 rings (SSSR count). The smallest absolute Gasteiger partial charge is 0.305 e. The van der Waals surface area contributed by atoms with E-state index in [9.17, 15) is 33.9 Å². The molecule has 70 heavy (non-hydrogen) atoms. The number of guanidine groups is 1. The number of nitrogens with zero attached hydrogens (tertiary/aromatic N) is 1. The molecule has 0 aliphatic carbocycles. The molecule has 1 aliphatic heterocycles. The standard InChI is InChI=1S/C46H67N7O16S/c1-3-42(53-40(55)12-15-67-33-68-27-26-65-23-22-63-19-18-61-16-17-62-20-21-64-24-25-66-28-29-70-34(2)54)69-38-10-8-36(9-11-38)50-45(60)39(31-43(57)58)52-41(56)32-49-44(59)35-6-4-7-37(30-35)51-46-47-13-5-14-48-46/h4-11,13,30,39,42H,3,12,14-29,31-33H2,1-2H3,(H,49,59)(H,50,60)(H,52,56)(H,53,55)(H,57,58)(H2,47,48,51)/t39-,42-/m0/s1. The molecule has 23 nitrogen and oxygen atoms in total. The number of carbonyl (C=O) groups is 6. The second-order valence-electron chi connectivity index (χ2n) is 14.6. The van der Waals surface area contributed by atoms with Gasteiger partial charge in [-0.25, -0.2) is 4.99 Å². The Morgan fingerprint density at radius 2 is 1.33 bits per heavy atom. The Labute approximate surface area is 411 Å². The molecule has 0 fully saturated rings. The maximum atomic E-state index is 13.1. The van der Waals surface area contributed by atoms with Gasteiger partial charge in [0.15, 0.2) is 17.3 Å². The average molecular weight is 1010 g/mol. The van der Waals surface area contributed by atoms with E-state index in [0.29, 0.717) is 128 Å². The predicted octanol–water partition coefficient (Wildman–Crippen LogP) is 1.89. The predicted molar refractivity (Wildman–Crippen MR) is 259 cm³/mol. The third kappa shape index (κ3) is 28.7. The largest absolute Gasteiger partial charge is 0.481 e. The topological polar surface area (TPSA) is 290 Å². The van der Waals surface area contributed by atoms with E-state index in [4.69, 9.17) is 42.6 Å². The molecule has 24 heteroatoms. The molecule has 0 radical (unpaired) electrons. The van der Waals surface area contributed by atoms with Crippen molar-refractivity contribution in [3.8, 4) is 5.75 Å². The third-order valence-corrected chi connectivity index (χ3v) is 9.80. The molecule has 1 aliphatic rings.